The van der Waals surface area contributed by atoms with Crippen LogP contribution in [0.25, 0.3) is 0 Å². The number of amides is 1. The summed E-state index contributed by atoms with van der Waals surface area (Å²) in [6.45, 7) is 4.12. The predicted octanol–water partition coefficient (Wildman–Crippen LogP) is 4.74. The lowest BCUT2D eigenvalue weighted by Crippen LogP contribution is -2.24. The van der Waals surface area contributed by atoms with Crippen LogP contribution in [0.2, 0.25) is 10.0 Å². The van der Waals surface area contributed by atoms with Crippen LogP contribution in [0, 0.1) is 0 Å². The molecule has 0 aliphatic carbocycles. The van der Waals surface area contributed by atoms with Gasteiger partial charge in [0, 0.05) is 10.6 Å². The first kappa shape index (κ1) is 20.1. The third-order valence-electron chi connectivity index (χ3n) is 3.88. The molecule has 138 valence electrons. The van der Waals surface area contributed by atoms with E-state index in [1.54, 1.807) is 0 Å². The van der Waals surface area contributed by atoms with Crippen LogP contribution in [-0.4, -0.2) is 23.8 Å². The Morgan fingerprint density at radius 2 is 2.00 bits per heavy atom. The van der Waals surface area contributed by atoms with Gasteiger partial charge in [-0.2, -0.15) is 5.10 Å². The van der Waals surface area contributed by atoms with Crippen LogP contribution in [0.3, 0.4) is 0 Å². The number of nitrogens with one attached hydrogen (secondary N) is 1. The molecule has 1 unspecified atom stereocenters. The Hall–Kier alpha value is -2.24. The third kappa shape index (κ3) is 5.64. The summed E-state index contributed by atoms with van der Waals surface area (Å²) in [6.07, 6.45) is 2.32. The summed E-state index contributed by atoms with van der Waals surface area (Å²) in [5.41, 5.74) is 3.84. The fraction of sp³-hybridized carbons (Fsp3) is 0.263. The molecule has 0 aliphatic heterocycles. The Labute approximate surface area is 162 Å². The molecule has 2 rings (SSSR count). The molecule has 0 heterocycles. The summed E-state index contributed by atoms with van der Waals surface area (Å²) in [6, 6.07) is 10.5. The van der Waals surface area contributed by atoms with Crippen molar-refractivity contribution in [2.75, 3.05) is 6.61 Å². The van der Waals surface area contributed by atoms with Crippen molar-refractivity contribution in [1.29, 1.82) is 0 Å². The fourth-order valence-corrected chi connectivity index (χ4v) is 2.68. The summed E-state index contributed by atoms with van der Waals surface area (Å²) < 4.78 is 5.42. The highest BCUT2D eigenvalue weighted by Crippen LogP contribution is 2.29. The number of carbonyl (C=O) groups excluding carboxylic acids is 1. The Balaban J connectivity index is 1.86. The van der Waals surface area contributed by atoms with Gasteiger partial charge >= 0.3 is 0 Å². The SMILES string of the molecule is CCC(C)c1ccc(OCC(=O)NN=Cc2cc(Cl)cc(Cl)c2O)cc1. The molecule has 1 atom stereocenters. The number of aromatic hydroxyl groups is 1. The van der Waals surface area contributed by atoms with Gasteiger partial charge in [0.1, 0.15) is 11.5 Å². The van der Waals surface area contributed by atoms with Crippen LogP contribution in [0.4, 0.5) is 0 Å². The van der Waals surface area contributed by atoms with E-state index in [9.17, 15) is 9.90 Å². The van der Waals surface area contributed by atoms with Crippen molar-refractivity contribution in [1.82, 2.24) is 5.43 Å². The van der Waals surface area contributed by atoms with E-state index in [2.05, 4.69) is 24.4 Å². The van der Waals surface area contributed by atoms with E-state index in [1.807, 2.05) is 24.3 Å². The number of hydrazone groups is 1. The molecule has 0 saturated carbocycles. The first-order valence-electron chi connectivity index (χ1n) is 8.13. The van der Waals surface area contributed by atoms with Gasteiger partial charge in [-0.1, -0.05) is 49.2 Å². The van der Waals surface area contributed by atoms with E-state index in [4.69, 9.17) is 27.9 Å². The monoisotopic (exact) mass is 394 g/mol. The minimum absolute atomic E-state index is 0.106. The van der Waals surface area contributed by atoms with E-state index >= 15 is 0 Å². The molecular formula is C19H20Cl2N2O3. The zero-order valence-electron chi connectivity index (χ0n) is 14.5. The van der Waals surface area contributed by atoms with E-state index in [-0.39, 0.29) is 17.4 Å². The highest BCUT2D eigenvalue weighted by molar-refractivity contribution is 6.36. The van der Waals surface area contributed by atoms with Gasteiger partial charge in [-0.25, -0.2) is 5.43 Å². The van der Waals surface area contributed by atoms with Crippen LogP contribution >= 0.6 is 23.2 Å². The molecule has 0 fully saturated rings. The van der Waals surface area contributed by atoms with E-state index in [1.165, 1.54) is 23.9 Å². The molecule has 0 aliphatic rings. The minimum atomic E-state index is -0.431. The maximum Gasteiger partial charge on any atom is 0.277 e. The Bertz CT molecular complexity index is 792. The van der Waals surface area contributed by atoms with Crippen molar-refractivity contribution in [3.63, 3.8) is 0 Å². The first-order chi connectivity index (χ1) is 12.4. The average Bonchev–Trinajstić information content (AvgIpc) is 2.63. The summed E-state index contributed by atoms with van der Waals surface area (Å²) in [4.78, 5) is 11.8. The van der Waals surface area contributed by atoms with Crippen LogP contribution in [0.1, 0.15) is 37.3 Å². The molecular weight excluding hydrogens is 375 g/mol. The molecule has 0 bridgehead atoms. The maximum atomic E-state index is 11.8. The van der Waals surface area contributed by atoms with Gasteiger partial charge in [-0.15, -0.1) is 0 Å². The molecule has 0 spiro atoms. The lowest BCUT2D eigenvalue weighted by Gasteiger charge is -2.10. The normalized spacial score (nSPS) is 12.2. The first-order valence-corrected chi connectivity index (χ1v) is 8.89. The lowest BCUT2D eigenvalue weighted by molar-refractivity contribution is -0.123. The summed E-state index contributed by atoms with van der Waals surface area (Å²) in [5.74, 6) is 0.500. The van der Waals surface area contributed by atoms with Gasteiger partial charge in [0.05, 0.1) is 11.2 Å². The lowest BCUT2D eigenvalue weighted by atomic mass is 9.99. The van der Waals surface area contributed by atoms with Crippen LogP contribution < -0.4 is 10.2 Å². The number of rotatable bonds is 7. The average molecular weight is 395 g/mol. The molecule has 0 radical (unpaired) electrons. The standard InChI is InChI=1S/C19H20Cl2N2O3/c1-3-12(2)13-4-6-16(7-5-13)26-11-18(24)23-22-10-14-8-15(20)9-17(21)19(14)25/h4-10,12,25H,3,11H2,1-2H3,(H,23,24). The number of nitrogens with zero attached hydrogens (tertiary/aromatic N) is 1. The number of phenolic OH excluding ortho intramolecular Hbond substituents is 1. The zero-order valence-corrected chi connectivity index (χ0v) is 16.0. The summed E-state index contributed by atoms with van der Waals surface area (Å²) >= 11 is 11.7. The smallest absolute Gasteiger partial charge is 0.277 e. The molecule has 2 aromatic rings. The van der Waals surface area contributed by atoms with Gasteiger partial charge in [0.25, 0.3) is 5.91 Å². The second-order valence-corrected chi connectivity index (χ2v) is 6.63. The van der Waals surface area contributed by atoms with Crippen molar-refractivity contribution in [2.24, 2.45) is 5.10 Å². The Morgan fingerprint density at radius 1 is 1.31 bits per heavy atom. The quantitative estimate of drug-likeness (QED) is 0.526. The van der Waals surface area contributed by atoms with Crippen molar-refractivity contribution in [3.8, 4) is 11.5 Å². The topological polar surface area (TPSA) is 70.9 Å². The summed E-state index contributed by atoms with van der Waals surface area (Å²) in [5, 5.41) is 14.0. The molecule has 2 aromatic carbocycles. The molecule has 1 amide bonds. The molecule has 26 heavy (non-hydrogen) atoms. The molecule has 0 aromatic heterocycles. The van der Waals surface area contributed by atoms with Crippen molar-refractivity contribution in [3.05, 3.63) is 57.6 Å². The molecule has 2 N–H and O–H groups in total. The van der Waals surface area contributed by atoms with Gasteiger partial charge in [0.15, 0.2) is 6.61 Å². The highest BCUT2D eigenvalue weighted by atomic mass is 35.5. The Kier molecular flexibility index (Phi) is 7.30. The van der Waals surface area contributed by atoms with Crippen LogP contribution in [0.15, 0.2) is 41.5 Å². The number of ether oxygens (including phenoxy) is 1. The number of phenols is 1. The van der Waals surface area contributed by atoms with Crippen molar-refractivity contribution >= 4 is 35.3 Å². The highest BCUT2D eigenvalue weighted by Gasteiger charge is 2.07. The van der Waals surface area contributed by atoms with E-state index in [0.29, 0.717) is 22.3 Å². The zero-order chi connectivity index (χ0) is 19.1. The van der Waals surface area contributed by atoms with Crippen LogP contribution in [-0.2, 0) is 4.79 Å². The number of carbonyl (C=O) groups is 1. The molecule has 7 heteroatoms. The summed E-state index contributed by atoms with van der Waals surface area (Å²) in [7, 11) is 0. The van der Waals surface area contributed by atoms with Gasteiger partial charge in [0.2, 0.25) is 0 Å². The third-order valence-corrected chi connectivity index (χ3v) is 4.39. The van der Waals surface area contributed by atoms with Crippen molar-refractivity contribution in [2.45, 2.75) is 26.2 Å². The largest absolute Gasteiger partial charge is 0.506 e. The van der Waals surface area contributed by atoms with Gasteiger partial charge < -0.3 is 9.84 Å². The number of halogens is 2. The van der Waals surface area contributed by atoms with E-state index < -0.39 is 5.91 Å². The van der Waals surface area contributed by atoms with Crippen molar-refractivity contribution < 1.29 is 14.6 Å². The number of hydrogen-bond acceptors (Lipinski definition) is 4. The van der Waals surface area contributed by atoms with E-state index in [0.717, 1.165) is 6.42 Å². The van der Waals surface area contributed by atoms with Crippen LogP contribution in [0.5, 0.6) is 11.5 Å². The fourth-order valence-electron chi connectivity index (χ4n) is 2.17. The van der Waals surface area contributed by atoms with Gasteiger partial charge in [-0.3, -0.25) is 4.79 Å². The predicted molar refractivity (Wildman–Crippen MR) is 105 cm³/mol. The van der Waals surface area contributed by atoms with Gasteiger partial charge in [-0.05, 0) is 42.2 Å². The molecule has 0 saturated heterocycles. The number of benzene rings is 2. The minimum Gasteiger partial charge on any atom is -0.506 e. The maximum absolute atomic E-state index is 11.8. The second kappa shape index (κ2) is 9.46. The number of hydrogen-bond donors (Lipinski definition) is 2. The molecule has 5 nitrogen and oxygen atoms in total. The Morgan fingerprint density at radius 3 is 2.65 bits per heavy atom. The second-order valence-electron chi connectivity index (χ2n) is 5.79.